The number of aliphatic hydroxyl groups excluding tert-OH is 1. The number of benzene rings is 2. The summed E-state index contributed by atoms with van der Waals surface area (Å²) in [7, 11) is 0. The highest BCUT2D eigenvalue weighted by Crippen LogP contribution is 2.39. The molecule has 1 N–H and O–H groups in total. The highest BCUT2D eigenvalue weighted by atomic mass is 32.2. The molecule has 2 rings (SSSR count). The first-order chi connectivity index (χ1) is 13.9. The topological polar surface area (TPSA) is 63.4 Å². The van der Waals surface area contributed by atoms with Gasteiger partial charge in [-0.3, -0.25) is 10.1 Å². The van der Waals surface area contributed by atoms with Gasteiger partial charge in [0, 0.05) is 34.8 Å². The Morgan fingerprint density at radius 3 is 2.66 bits per heavy atom. The normalized spacial score (nSPS) is 13.1. The molecule has 0 saturated heterocycles. The summed E-state index contributed by atoms with van der Waals surface area (Å²) in [6, 6.07) is 10.8. The van der Waals surface area contributed by atoms with Gasteiger partial charge >= 0.3 is 0 Å². The predicted molar refractivity (Wildman–Crippen MR) is 118 cm³/mol. The van der Waals surface area contributed by atoms with Gasteiger partial charge in [-0.25, -0.2) is 4.39 Å². The smallest absolute Gasteiger partial charge is 0.270 e. The molecule has 4 nitrogen and oxygen atoms in total. The molecule has 0 saturated carbocycles. The van der Waals surface area contributed by atoms with Crippen LogP contribution in [0, 0.1) is 21.3 Å². The van der Waals surface area contributed by atoms with Crippen LogP contribution in [0.2, 0.25) is 0 Å². The molecule has 0 spiro atoms. The van der Waals surface area contributed by atoms with Gasteiger partial charge in [0.2, 0.25) is 0 Å². The third-order valence-corrected chi connectivity index (χ3v) is 6.78. The van der Waals surface area contributed by atoms with Gasteiger partial charge in [0.05, 0.1) is 4.92 Å². The Bertz CT molecular complexity index is 865. The molecule has 29 heavy (non-hydrogen) atoms. The summed E-state index contributed by atoms with van der Waals surface area (Å²) in [6.07, 6.45) is 3.91. The predicted octanol–water partition coefficient (Wildman–Crippen LogP) is 6.47. The number of aliphatic hydroxyl groups is 1. The van der Waals surface area contributed by atoms with Crippen molar-refractivity contribution in [3.8, 4) is 0 Å². The van der Waals surface area contributed by atoms with Crippen molar-refractivity contribution in [1.82, 2.24) is 0 Å². The van der Waals surface area contributed by atoms with E-state index in [9.17, 15) is 19.6 Å². The van der Waals surface area contributed by atoms with E-state index in [-0.39, 0.29) is 23.5 Å². The number of nitrogens with zero attached hydrogens (tertiary/aromatic N) is 1. The first-order valence-electron chi connectivity index (χ1n) is 9.83. The second-order valence-electron chi connectivity index (χ2n) is 7.33. The average Bonchev–Trinajstić information content (AvgIpc) is 2.74. The second kappa shape index (κ2) is 10.6. The van der Waals surface area contributed by atoms with Crippen LogP contribution in [0.25, 0.3) is 5.57 Å². The van der Waals surface area contributed by atoms with Crippen molar-refractivity contribution in [2.45, 2.75) is 44.4 Å². The number of nitro benzene ring substituents is 1. The maximum absolute atomic E-state index is 14.0. The molecule has 0 aliphatic carbocycles. The van der Waals surface area contributed by atoms with Gasteiger partial charge in [-0.2, -0.15) is 0 Å². The third-order valence-electron chi connectivity index (χ3n) is 5.35. The van der Waals surface area contributed by atoms with Gasteiger partial charge in [0.25, 0.3) is 5.69 Å². The van der Waals surface area contributed by atoms with Gasteiger partial charge in [0.1, 0.15) is 5.82 Å². The summed E-state index contributed by atoms with van der Waals surface area (Å²) in [5.41, 5.74) is 1.53. The Morgan fingerprint density at radius 2 is 2.03 bits per heavy atom. The molecule has 2 aromatic carbocycles. The van der Waals surface area contributed by atoms with E-state index in [1.807, 2.05) is 0 Å². The Hall–Kier alpha value is -2.18. The van der Waals surface area contributed by atoms with Gasteiger partial charge in [-0.15, -0.1) is 11.8 Å². The van der Waals surface area contributed by atoms with Crippen molar-refractivity contribution in [3.05, 3.63) is 76.1 Å². The van der Waals surface area contributed by atoms with E-state index in [1.165, 1.54) is 24.3 Å². The van der Waals surface area contributed by atoms with E-state index in [1.54, 1.807) is 30.0 Å². The summed E-state index contributed by atoms with van der Waals surface area (Å²) in [6.45, 7) is 8.40. The summed E-state index contributed by atoms with van der Waals surface area (Å²) < 4.78 is 14.0. The molecule has 0 radical (unpaired) electrons. The van der Waals surface area contributed by atoms with Crippen LogP contribution in [0.15, 0.2) is 53.9 Å². The molecule has 6 heteroatoms. The highest BCUT2D eigenvalue weighted by Gasteiger charge is 2.27. The molecule has 0 aromatic heterocycles. The number of nitro groups is 1. The minimum Gasteiger partial charge on any atom is -0.396 e. The Labute approximate surface area is 176 Å². The molecule has 0 amide bonds. The molecule has 156 valence electrons. The lowest BCUT2D eigenvalue weighted by Gasteiger charge is -2.30. The number of hydrogen-bond acceptors (Lipinski definition) is 4. The lowest BCUT2D eigenvalue weighted by Crippen LogP contribution is -2.27. The standard InChI is InChI=1S/C23H28FNO3S/c1-4-6-12-23(5-2,15-26)16-29-22-11-10-19(24)14-21(22)17(3)18-8-7-9-20(13-18)25(27)28/h7-11,13-14,26H,3-6,12,15-16H2,1-2H3. The summed E-state index contributed by atoms with van der Waals surface area (Å²) in [5, 5.41) is 21.1. The van der Waals surface area contributed by atoms with Crippen LogP contribution < -0.4 is 0 Å². The van der Waals surface area contributed by atoms with E-state index in [4.69, 9.17) is 0 Å². The number of halogens is 1. The molecule has 0 aliphatic rings. The van der Waals surface area contributed by atoms with E-state index in [2.05, 4.69) is 20.4 Å². The fourth-order valence-electron chi connectivity index (χ4n) is 3.20. The van der Waals surface area contributed by atoms with Crippen molar-refractivity contribution in [2.24, 2.45) is 5.41 Å². The molecule has 1 unspecified atom stereocenters. The van der Waals surface area contributed by atoms with Gasteiger partial charge in [-0.1, -0.05) is 45.4 Å². The molecular formula is C23H28FNO3S. The van der Waals surface area contributed by atoms with Crippen LogP contribution in [0.1, 0.15) is 50.7 Å². The molecule has 0 aliphatic heterocycles. The maximum Gasteiger partial charge on any atom is 0.270 e. The van der Waals surface area contributed by atoms with E-state index in [0.717, 1.165) is 30.6 Å². The van der Waals surface area contributed by atoms with Crippen LogP contribution in [-0.2, 0) is 0 Å². The third kappa shape index (κ3) is 5.90. The van der Waals surface area contributed by atoms with Crippen LogP contribution >= 0.6 is 11.8 Å². The van der Waals surface area contributed by atoms with E-state index in [0.29, 0.717) is 22.5 Å². The summed E-state index contributed by atoms with van der Waals surface area (Å²) in [5.74, 6) is 0.326. The van der Waals surface area contributed by atoms with Crippen LogP contribution in [0.5, 0.6) is 0 Å². The van der Waals surface area contributed by atoms with Crippen molar-refractivity contribution < 1.29 is 14.4 Å². The zero-order chi connectivity index (χ0) is 21.4. The maximum atomic E-state index is 14.0. The highest BCUT2D eigenvalue weighted by molar-refractivity contribution is 7.99. The Kier molecular flexibility index (Phi) is 8.41. The fourth-order valence-corrected chi connectivity index (χ4v) is 4.60. The van der Waals surface area contributed by atoms with Gasteiger partial charge < -0.3 is 5.11 Å². The number of rotatable bonds is 11. The number of thioether (sulfide) groups is 1. The van der Waals surface area contributed by atoms with E-state index < -0.39 is 4.92 Å². The quantitative estimate of drug-likeness (QED) is 0.259. The van der Waals surface area contributed by atoms with Crippen LogP contribution in [-0.4, -0.2) is 22.4 Å². The lowest BCUT2D eigenvalue weighted by molar-refractivity contribution is -0.384. The molecular weight excluding hydrogens is 389 g/mol. The molecule has 2 aromatic rings. The van der Waals surface area contributed by atoms with Crippen molar-refractivity contribution in [1.29, 1.82) is 0 Å². The largest absolute Gasteiger partial charge is 0.396 e. The fraction of sp³-hybridized carbons (Fsp3) is 0.391. The minimum atomic E-state index is -0.456. The molecule has 0 fully saturated rings. The monoisotopic (exact) mass is 417 g/mol. The van der Waals surface area contributed by atoms with E-state index >= 15 is 0 Å². The molecule has 0 heterocycles. The zero-order valence-electron chi connectivity index (χ0n) is 17.0. The first-order valence-corrected chi connectivity index (χ1v) is 10.8. The molecule has 0 bridgehead atoms. The zero-order valence-corrected chi connectivity index (χ0v) is 17.8. The van der Waals surface area contributed by atoms with Crippen LogP contribution in [0.4, 0.5) is 10.1 Å². The average molecular weight is 418 g/mol. The van der Waals surface area contributed by atoms with Gasteiger partial charge in [0.15, 0.2) is 0 Å². The van der Waals surface area contributed by atoms with Gasteiger partial charge in [-0.05, 0) is 47.7 Å². The minimum absolute atomic E-state index is 0.0286. The Morgan fingerprint density at radius 1 is 1.28 bits per heavy atom. The second-order valence-corrected chi connectivity index (χ2v) is 8.35. The number of non-ortho nitro benzene ring substituents is 1. The number of hydrogen-bond donors (Lipinski definition) is 1. The summed E-state index contributed by atoms with van der Waals surface area (Å²) >= 11 is 1.57. The van der Waals surface area contributed by atoms with Crippen molar-refractivity contribution in [2.75, 3.05) is 12.4 Å². The lowest BCUT2D eigenvalue weighted by atomic mass is 9.83. The summed E-state index contributed by atoms with van der Waals surface area (Å²) in [4.78, 5) is 11.5. The SMILES string of the molecule is C=C(c1cccc([N+](=O)[O-])c1)c1cc(F)ccc1SCC(CC)(CO)CCCC. The molecule has 1 atom stereocenters. The number of unbranched alkanes of at least 4 members (excludes halogenated alkanes) is 1. The van der Waals surface area contributed by atoms with Crippen molar-refractivity contribution in [3.63, 3.8) is 0 Å². The first kappa shape index (κ1) is 23.1. The van der Waals surface area contributed by atoms with Crippen LogP contribution in [0.3, 0.4) is 0 Å². The Balaban J connectivity index is 2.33. The van der Waals surface area contributed by atoms with Crippen molar-refractivity contribution >= 4 is 23.0 Å².